The molecule has 0 aliphatic heterocycles. The largest absolute Gasteiger partial charge is 0.310 e. The summed E-state index contributed by atoms with van der Waals surface area (Å²) in [5.41, 5.74) is 2.27. The second-order valence-corrected chi connectivity index (χ2v) is 7.20. The van der Waals surface area contributed by atoms with Gasteiger partial charge in [0, 0.05) is 29.8 Å². The Kier molecular flexibility index (Phi) is 4.36. The van der Waals surface area contributed by atoms with Gasteiger partial charge in [0.15, 0.2) is 0 Å². The van der Waals surface area contributed by atoms with E-state index < -0.39 is 0 Å². The lowest BCUT2D eigenvalue weighted by atomic mass is 10.1. The summed E-state index contributed by atoms with van der Waals surface area (Å²) < 4.78 is 13.3. The summed E-state index contributed by atoms with van der Waals surface area (Å²) in [5.74, 6) is 0.486. The van der Waals surface area contributed by atoms with Gasteiger partial charge in [-0.05, 0) is 30.5 Å². The molecule has 1 N–H and O–H groups in total. The van der Waals surface area contributed by atoms with Gasteiger partial charge in [-0.2, -0.15) is 0 Å². The molecule has 0 bridgehead atoms. The monoisotopic (exact) mass is 304 g/mol. The summed E-state index contributed by atoms with van der Waals surface area (Å²) in [6.07, 6.45) is 3.25. The molecule has 1 aliphatic carbocycles. The number of thiazole rings is 1. The fourth-order valence-electron chi connectivity index (χ4n) is 2.41. The van der Waals surface area contributed by atoms with Gasteiger partial charge in [0.05, 0.1) is 10.7 Å². The van der Waals surface area contributed by atoms with Crippen LogP contribution in [0.15, 0.2) is 24.3 Å². The highest BCUT2D eigenvalue weighted by atomic mass is 32.1. The van der Waals surface area contributed by atoms with Crippen LogP contribution in [0.5, 0.6) is 0 Å². The van der Waals surface area contributed by atoms with E-state index in [4.69, 9.17) is 4.98 Å². The van der Waals surface area contributed by atoms with Crippen molar-refractivity contribution in [3.05, 3.63) is 51.2 Å². The second-order valence-electron chi connectivity index (χ2n) is 6.03. The molecular formula is C17H21FN2S. The third-order valence-corrected chi connectivity index (χ3v) is 4.72. The van der Waals surface area contributed by atoms with Gasteiger partial charge in [0.25, 0.3) is 0 Å². The van der Waals surface area contributed by atoms with Crippen molar-refractivity contribution in [3.63, 3.8) is 0 Å². The molecule has 21 heavy (non-hydrogen) atoms. The number of benzene rings is 1. The first kappa shape index (κ1) is 14.7. The number of rotatable bonds is 6. The predicted molar refractivity (Wildman–Crippen MR) is 85.3 cm³/mol. The van der Waals surface area contributed by atoms with E-state index in [1.807, 2.05) is 6.07 Å². The van der Waals surface area contributed by atoms with E-state index in [0.29, 0.717) is 12.0 Å². The van der Waals surface area contributed by atoms with Gasteiger partial charge in [-0.25, -0.2) is 9.37 Å². The molecule has 4 heteroatoms. The Morgan fingerprint density at radius 2 is 2.19 bits per heavy atom. The van der Waals surface area contributed by atoms with Gasteiger partial charge in [-0.15, -0.1) is 11.3 Å². The molecule has 1 heterocycles. The molecule has 0 spiro atoms. The molecule has 112 valence electrons. The van der Waals surface area contributed by atoms with Crippen molar-refractivity contribution >= 4 is 11.3 Å². The average Bonchev–Trinajstić information content (AvgIpc) is 3.19. The number of halogens is 1. The van der Waals surface area contributed by atoms with Crippen molar-refractivity contribution in [1.29, 1.82) is 0 Å². The van der Waals surface area contributed by atoms with Gasteiger partial charge in [0.2, 0.25) is 0 Å². The van der Waals surface area contributed by atoms with Crippen LogP contribution in [0.4, 0.5) is 4.39 Å². The van der Waals surface area contributed by atoms with Gasteiger partial charge in [0.1, 0.15) is 5.82 Å². The lowest BCUT2D eigenvalue weighted by Gasteiger charge is -2.07. The minimum Gasteiger partial charge on any atom is -0.310 e. The normalized spacial score (nSPS) is 14.9. The standard InChI is InChI=1S/C17H21FN2S/c1-11(2)19-10-15-17(13-6-7-13)20-16(21-15)9-12-4-3-5-14(18)8-12/h3-5,8,11,13,19H,6-7,9-10H2,1-2H3. The van der Waals surface area contributed by atoms with Crippen LogP contribution >= 0.6 is 11.3 Å². The maximum Gasteiger partial charge on any atom is 0.123 e. The number of hydrogen-bond acceptors (Lipinski definition) is 3. The molecule has 1 fully saturated rings. The molecule has 0 radical (unpaired) electrons. The molecule has 0 atom stereocenters. The third kappa shape index (κ3) is 3.89. The number of aromatic nitrogens is 1. The number of nitrogens with zero attached hydrogens (tertiary/aromatic N) is 1. The molecule has 0 saturated heterocycles. The number of nitrogens with one attached hydrogen (secondary N) is 1. The molecule has 0 amide bonds. The van der Waals surface area contributed by atoms with E-state index in [0.717, 1.165) is 23.5 Å². The highest BCUT2D eigenvalue weighted by molar-refractivity contribution is 7.11. The topological polar surface area (TPSA) is 24.9 Å². The first-order chi connectivity index (χ1) is 10.1. The van der Waals surface area contributed by atoms with E-state index in [9.17, 15) is 4.39 Å². The molecular weight excluding hydrogens is 283 g/mol. The molecule has 1 aromatic heterocycles. The zero-order chi connectivity index (χ0) is 14.8. The first-order valence-electron chi connectivity index (χ1n) is 7.58. The lowest BCUT2D eigenvalue weighted by Crippen LogP contribution is -2.21. The summed E-state index contributed by atoms with van der Waals surface area (Å²) >= 11 is 1.77. The molecule has 2 aromatic rings. The Labute approximate surface area is 129 Å². The number of hydrogen-bond donors (Lipinski definition) is 1. The van der Waals surface area contributed by atoms with E-state index in [1.165, 1.54) is 29.5 Å². The molecule has 1 aromatic carbocycles. The van der Waals surface area contributed by atoms with Gasteiger partial charge in [-0.1, -0.05) is 26.0 Å². The average molecular weight is 304 g/mol. The van der Waals surface area contributed by atoms with Crippen LogP contribution in [-0.2, 0) is 13.0 Å². The van der Waals surface area contributed by atoms with Crippen LogP contribution in [-0.4, -0.2) is 11.0 Å². The fourth-order valence-corrected chi connectivity index (χ4v) is 3.55. The van der Waals surface area contributed by atoms with Gasteiger partial charge in [-0.3, -0.25) is 0 Å². The Morgan fingerprint density at radius 1 is 1.38 bits per heavy atom. The Hall–Kier alpha value is -1.26. The molecule has 1 aliphatic rings. The summed E-state index contributed by atoms with van der Waals surface area (Å²) in [5, 5.41) is 4.58. The molecule has 3 rings (SSSR count). The van der Waals surface area contributed by atoms with E-state index >= 15 is 0 Å². The van der Waals surface area contributed by atoms with Crippen molar-refractivity contribution in [2.24, 2.45) is 0 Å². The van der Waals surface area contributed by atoms with Crippen molar-refractivity contribution in [3.8, 4) is 0 Å². The first-order valence-corrected chi connectivity index (χ1v) is 8.40. The SMILES string of the molecule is CC(C)NCc1sc(Cc2cccc(F)c2)nc1C1CC1. The summed E-state index contributed by atoms with van der Waals surface area (Å²) in [7, 11) is 0. The van der Waals surface area contributed by atoms with E-state index in [-0.39, 0.29) is 5.82 Å². The van der Waals surface area contributed by atoms with Crippen LogP contribution < -0.4 is 5.32 Å². The maximum atomic E-state index is 13.3. The molecule has 0 unspecified atom stereocenters. The maximum absolute atomic E-state index is 13.3. The molecule has 1 saturated carbocycles. The van der Waals surface area contributed by atoms with Gasteiger partial charge < -0.3 is 5.32 Å². The Bertz CT molecular complexity index is 617. The fraction of sp³-hybridized carbons (Fsp3) is 0.471. The third-order valence-electron chi connectivity index (χ3n) is 3.65. The minimum atomic E-state index is -0.173. The van der Waals surface area contributed by atoms with Crippen molar-refractivity contribution in [2.75, 3.05) is 0 Å². The predicted octanol–water partition coefficient (Wildman–Crippen LogP) is 4.25. The highest BCUT2D eigenvalue weighted by Gasteiger charge is 2.29. The lowest BCUT2D eigenvalue weighted by molar-refractivity contribution is 0.590. The smallest absolute Gasteiger partial charge is 0.123 e. The Balaban J connectivity index is 1.77. The van der Waals surface area contributed by atoms with Crippen LogP contribution in [0.1, 0.15) is 53.7 Å². The van der Waals surface area contributed by atoms with Crippen LogP contribution in [0.2, 0.25) is 0 Å². The van der Waals surface area contributed by atoms with Crippen molar-refractivity contribution in [2.45, 2.75) is 51.6 Å². The zero-order valence-corrected chi connectivity index (χ0v) is 13.3. The highest BCUT2D eigenvalue weighted by Crippen LogP contribution is 2.42. The van der Waals surface area contributed by atoms with Crippen molar-refractivity contribution in [1.82, 2.24) is 10.3 Å². The molecule has 2 nitrogen and oxygen atoms in total. The van der Waals surface area contributed by atoms with Crippen LogP contribution in [0.25, 0.3) is 0 Å². The van der Waals surface area contributed by atoms with Crippen LogP contribution in [0, 0.1) is 5.82 Å². The van der Waals surface area contributed by atoms with E-state index in [2.05, 4.69) is 19.2 Å². The minimum absolute atomic E-state index is 0.173. The summed E-state index contributed by atoms with van der Waals surface area (Å²) in [6.45, 7) is 5.21. The van der Waals surface area contributed by atoms with E-state index in [1.54, 1.807) is 23.5 Å². The zero-order valence-electron chi connectivity index (χ0n) is 12.5. The Morgan fingerprint density at radius 3 is 2.86 bits per heavy atom. The quantitative estimate of drug-likeness (QED) is 0.863. The van der Waals surface area contributed by atoms with Gasteiger partial charge >= 0.3 is 0 Å². The summed E-state index contributed by atoms with van der Waals surface area (Å²) in [4.78, 5) is 6.19. The second kappa shape index (κ2) is 6.24. The van der Waals surface area contributed by atoms with Crippen LogP contribution in [0.3, 0.4) is 0 Å². The summed E-state index contributed by atoms with van der Waals surface area (Å²) in [6, 6.07) is 7.29. The van der Waals surface area contributed by atoms with Crippen molar-refractivity contribution < 1.29 is 4.39 Å².